The highest BCUT2D eigenvalue weighted by atomic mass is 79.9. The molecule has 0 aliphatic rings. The van der Waals surface area contributed by atoms with Crippen LogP contribution in [0, 0.1) is 0 Å². The van der Waals surface area contributed by atoms with E-state index in [9.17, 15) is 4.79 Å². The molecular weight excluding hydrogens is 294 g/mol. The number of halogens is 1. The normalized spacial score (nSPS) is 10.1. The molecule has 0 atom stereocenters. The minimum absolute atomic E-state index is 0.285. The zero-order valence-electron chi connectivity index (χ0n) is 9.56. The number of aromatic carboxylic acids is 1. The van der Waals surface area contributed by atoms with Crippen LogP contribution in [0.4, 0.5) is 5.69 Å². The number of carboxylic acids is 1. The summed E-state index contributed by atoms with van der Waals surface area (Å²) >= 11 is 3.40. The molecule has 2 aromatic carbocycles. The molecule has 4 heteroatoms. The predicted octanol–water partition coefficient (Wildman–Crippen LogP) is 3.76. The Morgan fingerprint density at radius 2 is 1.94 bits per heavy atom. The summed E-state index contributed by atoms with van der Waals surface area (Å²) in [5.41, 5.74) is 2.00. The number of para-hydroxylation sites is 1. The number of benzene rings is 2. The molecule has 2 aromatic rings. The van der Waals surface area contributed by atoms with Crippen molar-refractivity contribution in [2.75, 3.05) is 5.32 Å². The van der Waals surface area contributed by atoms with Gasteiger partial charge in [0.05, 0.1) is 5.56 Å². The topological polar surface area (TPSA) is 49.3 Å². The summed E-state index contributed by atoms with van der Waals surface area (Å²) in [6.45, 7) is 0.587. The Kier molecular flexibility index (Phi) is 3.99. The van der Waals surface area contributed by atoms with Crippen LogP contribution in [0.5, 0.6) is 0 Å². The average molecular weight is 306 g/mol. The van der Waals surface area contributed by atoms with Crippen molar-refractivity contribution in [2.45, 2.75) is 6.54 Å². The monoisotopic (exact) mass is 305 g/mol. The molecular formula is C14H12BrNO2. The number of rotatable bonds is 4. The van der Waals surface area contributed by atoms with Crippen LogP contribution in [-0.4, -0.2) is 11.1 Å². The first-order valence-corrected chi connectivity index (χ1v) is 6.27. The maximum Gasteiger partial charge on any atom is 0.337 e. The van der Waals surface area contributed by atoms with Crippen molar-refractivity contribution in [3.05, 3.63) is 64.1 Å². The Hall–Kier alpha value is -1.81. The second-order valence-electron chi connectivity index (χ2n) is 3.83. The minimum Gasteiger partial charge on any atom is -0.478 e. The van der Waals surface area contributed by atoms with Crippen LogP contribution in [0.3, 0.4) is 0 Å². The highest BCUT2D eigenvalue weighted by Gasteiger charge is 2.08. The lowest BCUT2D eigenvalue weighted by atomic mass is 10.1. The van der Waals surface area contributed by atoms with Gasteiger partial charge in [0.1, 0.15) is 0 Å². The minimum atomic E-state index is -0.924. The molecule has 0 heterocycles. The Labute approximate surface area is 114 Å². The Balaban J connectivity index is 2.13. The van der Waals surface area contributed by atoms with E-state index >= 15 is 0 Å². The van der Waals surface area contributed by atoms with Crippen LogP contribution >= 0.6 is 15.9 Å². The van der Waals surface area contributed by atoms with E-state index in [1.807, 2.05) is 30.3 Å². The van der Waals surface area contributed by atoms with Crippen LogP contribution in [0.25, 0.3) is 0 Å². The molecule has 3 nitrogen and oxygen atoms in total. The summed E-state index contributed by atoms with van der Waals surface area (Å²) in [5.74, 6) is -0.924. The number of carbonyl (C=O) groups is 1. The van der Waals surface area contributed by atoms with Crippen LogP contribution in [-0.2, 0) is 6.54 Å². The fourth-order valence-electron chi connectivity index (χ4n) is 1.67. The molecule has 0 saturated carbocycles. The van der Waals surface area contributed by atoms with Crippen molar-refractivity contribution in [3.8, 4) is 0 Å². The van der Waals surface area contributed by atoms with Gasteiger partial charge in [-0.25, -0.2) is 4.79 Å². The maximum absolute atomic E-state index is 11.0. The predicted molar refractivity (Wildman–Crippen MR) is 74.9 cm³/mol. The number of nitrogens with one attached hydrogen (secondary N) is 1. The quantitative estimate of drug-likeness (QED) is 0.904. The van der Waals surface area contributed by atoms with Gasteiger partial charge in [-0.3, -0.25) is 0 Å². The first-order chi connectivity index (χ1) is 8.66. The number of hydrogen-bond acceptors (Lipinski definition) is 2. The third kappa shape index (κ3) is 3.11. The van der Waals surface area contributed by atoms with Gasteiger partial charge in [0.15, 0.2) is 0 Å². The van der Waals surface area contributed by atoms with Crippen molar-refractivity contribution >= 4 is 27.6 Å². The summed E-state index contributed by atoms with van der Waals surface area (Å²) in [6.07, 6.45) is 0. The first kappa shape index (κ1) is 12.6. The molecule has 0 aliphatic carbocycles. The van der Waals surface area contributed by atoms with E-state index in [1.165, 1.54) is 0 Å². The van der Waals surface area contributed by atoms with E-state index in [1.54, 1.807) is 18.2 Å². The highest BCUT2D eigenvalue weighted by molar-refractivity contribution is 9.10. The molecule has 0 saturated heterocycles. The van der Waals surface area contributed by atoms with Gasteiger partial charge >= 0.3 is 5.97 Å². The standard InChI is InChI=1S/C14H12BrNO2/c15-11-5-3-4-10(8-11)9-16-13-7-2-1-6-12(13)14(17)18/h1-8,16H,9H2,(H,17,18). The average Bonchev–Trinajstić information content (AvgIpc) is 2.37. The molecule has 0 spiro atoms. The largest absolute Gasteiger partial charge is 0.478 e. The lowest BCUT2D eigenvalue weighted by molar-refractivity contribution is 0.0698. The Morgan fingerprint density at radius 1 is 1.17 bits per heavy atom. The van der Waals surface area contributed by atoms with Gasteiger partial charge in [-0.15, -0.1) is 0 Å². The zero-order chi connectivity index (χ0) is 13.0. The van der Waals surface area contributed by atoms with E-state index in [0.717, 1.165) is 10.0 Å². The molecule has 2 N–H and O–H groups in total. The number of hydrogen-bond donors (Lipinski definition) is 2. The van der Waals surface area contributed by atoms with E-state index in [4.69, 9.17) is 5.11 Å². The molecule has 18 heavy (non-hydrogen) atoms. The van der Waals surface area contributed by atoms with Crippen LogP contribution < -0.4 is 5.32 Å². The number of anilines is 1. The van der Waals surface area contributed by atoms with Crippen LogP contribution in [0.15, 0.2) is 53.0 Å². The SMILES string of the molecule is O=C(O)c1ccccc1NCc1cccc(Br)c1. The molecule has 92 valence electrons. The van der Waals surface area contributed by atoms with Gasteiger partial charge in [-0.2, -0.15) is 0 Å². The van der Waals surface area contributed by atoms with Crippen molar-refractivity contribution in [2.24, 2.45) is 0 Å². The van der Waals surface area contributed by atoms with E-state index in [-0.39, 0.29) is 5.56 Å². The van der Waals surface area contributed by atoms with Gasteiger partial charge in [0.2, 0.25) is 0 Å². The van der Waals surface area contributed by atoms with E-state index in [2.05, 4.69) is 21.2 Å². The third-order valence-electron chi connectivity index (χ3n) is 2.53. The second-order valence-corrected chi connectivity index (χ2v) is 4.75. The van der Waals surface area contributed by atoms with Gasteiger partial charge in [-0.05, 0) is 29.8 Å². The van der Waals surface area contributed by atoms with Gasteiger partial charge < -0.3 is 10.4 Å². The van der Waals surface area contributed by atoms with Crippen molar-refractivity contribution in [1.82, 2.24) is 0 Å². The molecule has 2 rings (SSSR count). The van der Waals surface area contributed by atoms with Gasteiger partial charge in [-0.1, -0.05) is 40.2 Å². The summed E-state index contributed by atoms with van der Waals surface area (Å²) in [7, 11) is 0. The fourth-order valence-corrected chi connectivity index (χ4v) is 2.11. The maximum atomic E-state index is 11.0. The summed E-state index contributed by atoms with van der Waals surface area (Å²) in [6, 6.07) is 14.8. The van der Waals surface area contributed by atoms with Crippen molar-refractivity contribution < 1.29 is 9.90 Å². The van der Waals surface area contributed by atoms with Gasteiger partial charge in [0, 0.05) is 16.7 Å². The molecule has 0 aromatic heterocycles. The smallest absolute Gasteiger partial charge is 0.337 e. The third-order valence-corrected chi connectivity index (χ3v) is 3.02. The molecule has 0 radical (unpaired) electrons. The highest BCUT2D eigenvalue weighted by Crippen LogP contribution is 2.17. The first-order valence-electron chi connectivity index (χ1n) is 5.47. The summed E-state index contributed by atoms with van der Waals surface area (Å²) in [4.78, 5) is 11.0. The van der Waals surface area contributed by atoms with Crippen LogP contribution in [0.1, 0.15) is 15.9 Å². The molecule has 0 aliphatic heterocycles. The number of carboxylic acid groups (broad SMARTS) is 1. The Morgan fingerprint density at radius 3 is 2.67 bits per heavy atom. The lowest BCUT2D eigenvalue weighted by Crippen LogP contribution is -2.06. The fraction of sp³-hybridized carbons (Fsp3) is 0.0714. The van der Waals surface area contributed by atoms with Crippen molar-refractivity contribution in [3.63, 3.8) is 0 Å². The van der Waals surface area contributed by atoms with E-state index in [0.29, 0.717) is 12.2 Å². The molecule has 0 fully saturated rings. The Bertz CT molecular complexity index is 569. The van der Waals surface area contributed by atoms with Gasteiger partial charge in [0.25, 0.3) is 0 Å². The molecule has 0 amide bonds. The molecule has 0 unspecified atom stereocenters. The summed E-state index contributed by atoms with van der Waals surface area (Å²) < 4.78 is 1.01. The van der Waals surface area contributed by atoms with Crippen LogP contribution in [0.2, 0.25) is 0 Å². The zero-order valence-corrected chi connectivity index (χ0v) is 11.1. The van der Waals surface area contributed by atoms with E-state index < -0.39 is 5.97 Å². The van der Waals surface area contributed by atoms with Crippen molar-refractivity contribution in [1.29, 1.82) is 0 Å². The second kappa shape index (κ2) is 5.69. The summed E-state index contributed by atoms with van der Waals surface area (Å²) in [5, 5.41) is 12.2. The molecule has 0 bridgehead atoms. The lowest BCUT2D eigenvalue weighted by Gasteiger charge is -2.09.